The largest absolute Gasteiger partial charge is 0.261 e. The number of nitrogens with zero attached hydrogens (tertiary/aromatic N) is 1. The molecule has 0 bridgehead atoms. The fourth-order valence-corrected chi connectivity index (χ4v) is 1.67. The van der Waals surface area contributed by atoms with Crippen LogP contribution >= 0.6 is 0 Å². The normalized spacial score (nSPS) is 10.3. The number of pyridine rings is 1. The Labute approximate surface area is 90.8 Å². The van der Waals surface area contributed by atoms with Gasteiger partial charge in [-0.3, -0.25) is 4.98 Å². The predicted octanol–water partition coefficient (Wildman–Crippen LogP) is 3.67. The Morgan fingerprint density at radius 1 is 0.933 bits per heavy atom. The molecular weight excluding hydrogens is 182 g/mol. The molecule has 2 rings (SSSR count). The van der Waals surface area contributed by atoms with Crippen LogP contribution in [0.3, 0.4) is 0 Å². The summed E-state index contributed by atoms with van der Waals surface area (Å²) in [5, 5.41) is 0. The first-order valence-corrected chi connectivity index (χ1v) is 5.17. The molecule has 0 aliphatic heterocycles. The lowest BCUT2D eigenvalue weighted by Crippen LogP contribution is -1.88. The second-order valence-corrected chi connectivity index (χ2v) is 4.01. The Kier molecular flexibility index (Phi) is 2.55. The van der Waals surface area contributed by atoms with Crippen molar-refractivity contribution in [2.24, 2.45) is 0 Å². The van der Waals surface area contributed by atoms with Crippen molar-refractivity contribution in [3.05, 3.63) is 53.3 Å². The van der Waals surface area contributed by atoms with Gasteiger partial charge in [0.1, 0.15) is 0 Å². The van der Waals surface area contributed by atoms with Crippen LogP contribution in [0.5, 0.6) is 0 Å². The number of aromatic nitrogens is 1. The molecule has 1 aromatic carbocycles. The van der Waals surface area contributed by atoms with Crippen LogP contribution in [0.2, 0.25) is 0 Å². The summed E-state index contributed by atoms with van der Waals surface area (Å²) in [7, 11) is 0. The van der Waals surface area contributed by atoms with Crippen molar-refractivity contribution in [3.63, 3.8) is 0 Å². The minimum atomic E-state index is 1.07. The maximum absolute atomic E-state index is 4.28. The van der Waals surface area contributed by atoms with Crippen LogP contribution in [0.15, 0.2) is 36.5 Å². The summed E-state index contributed by atoms with van der Waals surface area (Å²) < 4.78 is 0. The van der Waals surface area contributed by atoms with Gasteiger partial charge < -0.3 is 0 Å². The average molecular weight is 197 g/mol. The highest BCUT2D eigenvalue weighted by Gasteiger charge is 2.02. The zero-order valence-corrected chi connectivity index (χ0v) is 9.41. The van der Waals surface area contributed by atoms with Crippen LogP contribution in [0, 0.1) is 20.8 Å². The molecule has 1 nitrogen and oxygen atoms in total. The van der Waals surface area contributed by atoms with Crippen LogP contribution in [0.25, 0.3) is 11.1 Å². The van der Waals surface area contributed by atoms with Gasteiger partial charge in [0.05, 0.1) is 0 Å². The van der Waals surface area contributed by atoms with E-state index in [9.17, 15) is 0 Å². The summed E-state index contributed by atoms with van der Waals surface area (Å²) in [5.74, 6) is 0. The minimum Gasteiger partial charge on any atom is -0.261 e. The topological polar surface area (TPSA) is 12.9 Å². The molecule has 0 radical (unpaired) electrons. The number of benzene rings is 1. The molecule has 0 spiro atoms. The molecule has 0 aliphatic rings. The Hall–Kier alpha value is -1.63. The van der Waals surface area contributed by atoms with Crippen LogP contribution in [0.1, 0.15) is 16.8 Å². The van der Waals surface area contributed by atoms with Gasteiger partial charge in [0.15, 0.2) is 0 Å². The fourth-order valence-electron chi connectivity index (χ4n) is 1.67. The Morgan fingerprint density at radius 2 is 1.60 bits per heavy atom. The molecule has 0 fully saturated rings. The van der Waals surface area contributed by atoms with Crippen molar-refractivity contribution < 1.29 is 0 Å². The van der Waals surface area contributed by atoms with Crippen LogP contribution in [0.4, 0.5) is 0 Å². The first-order chi connectivity index (χ1) is 7.16. The Morgan fingerprint density at radius 3 is 2.27 bits per heavy atom. The molecule has 1 aromatic heterocycles. The van der Waals surface area contributed by atoms with Crippen molar-refractivity contribution >= 4 is 0 Å². The fraction of sp³-hybridized carbons (Fsp3) is 0.214. The first-order valence-electron chi connectivity index (χ1n) is 5.17. The Balaban J connectivity index is 2.53. The van der Waals surface area contributed by atoms with E-state index in [-0.39, 0.29) is 0 Å². The van der Waals surface area contributed by atoms with Gasteiger partial charge in [0.2, 0.25) is 0 Å². The maximum atomic E-state index is 4.28. The minimum absolute atomic E-state index is 1.07. The van der Waals surface area contributed by atoms with Gasteiger partial charge in [-0.15, -0.1) is 0 Å². The van der Waals surface area contributed by atoms with Crippen molar-refractivity contribution in [2.75, 3.05) is 0 Å². The standard InChI is InChI=1S/C14H15N/c1-10-4-6-13(7-5-10)14-8-12(3)15-9-11(14)2/h4-9H,1-3H3. The van der Waals surface area contributed by atoms with E-state index in [1.165, 1.54) is 22.3 Å². The molecule has 76 valence electrons. The van der Waals surface area contributed by atoms with Crippen molar-refractivity contribution in [1.29, 1.82) is 0 Å². The van der Waals surface area contributed by atoms with Crippen molar-refractivity contribution in [3.8, 4) is 11.1 Å². The summed E-state index contributed by atoms with van der Waals surface area (Å²) in [4.78, 5) is 4.28. The zero-order valence-electron chi connectivity index (χ0n) is 9.41. The highest BCUT2D eigenvalue weighted by Crippen LogP contribution is 2.23. The van der Waals surface area contributed by atoms with Crippen molar-refractivity contribution in [2.45, 2.75) is 20.8 Å². The predicted molar refractivity (Wildman–Crippen MR) is 63.9 cm³/mol. The van der Waals surface area contributed by atoms with E-state index in [2.05, 4.69) is 49.2 Å². The average Bonchev–Trinajstić information content (AvgIpc) is 2.23. The molecule has 0 unspecified atom stereocenters. The monoisotopic (exact) mass is 197 g/mol. The zero-order chi connectivity index (χ0) is 10.8. The third kappa shape index (κ3) is 2.07. The van der Waals surface area contributed by atoms with E-state index < -0.39 is 0 Å². The van der Waals surface area contributed by atoms with Gasteiger partial charge in [-0.05, 0) is 43.5 Å². The van der Waals surface area contributed by atoms with E-state index in [1.54, 1.807) is 0 Å². The SMILES string of the molecule is Cc1ccc(-c2cc(C)ncc2C)cc1. The quantitative estimate of drug-likeness (QED) is 0.679. The van der Waals surface area contributed by atoms with Crippen LogP contribution in [-0.4, -0.2) is 4.98 Å². The second kappa shape index (κ2) is 3.85. The smallest absolute Gasteiger partial charge is 0.0379 e. The van der Waals surface area contributed by atoms with E-state index in [1.807, 2.05) is 13.1 Å². The van der Waals surface area contributed by atoms with Gasteiger partial charge in [0, 0.05) is 11.9 Å². The molecule has 0 N–H and O–H groups in total. The Bertz CT molecular complexity index is 469. The van der Waals surface area contributed by atoms with Gasteiger partial charge in [0.25, 0.3) is 0 Å². The molecular formula is C14H15N. The molecule has 0 amide bonds. The summed E-state index contributed by atoms with van der Waals surface area (Å²) in [6.45, 7) is 6.23. The van der Waals surface area contributed by atoms with Crippen molar-refractivity contribution in [1.82, 2.24) is 4.98 Å². The van der Waals surface area contributed by atoms with Gasteiger partial charge in [-0.2, -0.15) is 0 Å². The second-order valence-electron chi connectivity index (χ2n) is 4.01. The van der Waals surface area contributed by atoms with Crippen LogP contribution in [-0.2, 0) is 0 Å². The molecule has 0 saturated heterocycles. The highest BCUT2D eigenvalue weighted by molar-refractivity contribution is 5.67. The molecule has 2 aromatic rings. The number of hydrogen-bond acceptors (Lipinski definition) is 1. The molecule has 0 aliphatic carbocycles. The van der Waals surface area contributed by atoms with E-state index in [0.29, 0.717) is 0 Å². The van der Waals surface area contributed by atoms with Gasteiger partial charge in [-0.1, -0.05) is 29.8 Å². The summed E-state index contributed by atoms with van der Waals surface area (Å²) >= 11 is 0. The van der Waals surface area contributed by atoms with E-state index in [0.717, 1.165) is 5.69 Å². The lowest BCUT2D eigenvalue weighted by atomic mass is 10.0. The molecule has 15 heavy (non-hydrogen) atoms. The number of hydrogen-bond donors (Lipinski definition) is 0. The van der Waals surface area contributed by atoms with Crippen LogP contribution < -0.4 is 0 Å². The van der Waals surface area contributed by atoms with Gasteiger partial charge in [-0.25, -0.2) is 0 Å². The number of rotatable bonds is 1. The maximum Gasteiger partial charge on any atom is 0.0379 e. The van der Waals surface area contributed by atoms with E-state index in [4.69, 9.17) is 0 Å². The molecule has 1 heterocycles. The summed E-state index contributed by atoms with van der Waals surface area (Å²) in [6, 6.07) is 10.8. The first kappa shape index (κ1) is 9.91. The molecule has 1 heteroatoms. The number of aryl methyl sites for hydroxylation is 3. The highest BCUT2D eigenvalue weighted by atomic mass is 14.7. The molecule has 0 saturated carbocycles. The molecule has 0 atom stereocenters. The summed E-state index contributed by atoms with van der Waals surface area (Å²) in [5.41, 5.74) is 6.13. The van der Waals surface area contributed by atoms with Gasteiger partial charge >= 0.3 is 0 Å². The third-order valence-electron chi connectivity index (χ3n) is 2.60. The van der Waals surface area contributed by atoms with E-state index >= 15 is 0 Å². The lowest BCUT2D eigenvalue weighted by molar-refractivity contribution is 1.17. The summed E-state index contributed by atoms with van der Waals surface area (Å²) in [6.07, 6.45) is 1.94. The third-order valence-corrected chi connectivity index (χ3v) is 2.60. The lowest BCUT2D eigenvalue weighted by Gasteiger charge is -2.06.